The molecule has 0 aliphatic rings. The smallest absolute Gasteiger partial charge is 0.375 e. The molecule has 2 aromatic carbocycles. The van der Waals surface area contributed by atoms with Crippen LogP contribution in [0, 0.1) is 5.82 Å². The monoisotopic (exact) mass is 283 g/mol. The largest absolute Gasteiger partial charge is 0.475 e. The predicted octanol–water partition coefficient (Wildman–Crippen LogP) is 2.77. The van der Waals surface area contributed by atoms with Gasteiger partial charge in [0.1, 0.15) is 11.5 Å². The molecule has 0 saturated heterocycles. The van der Waals surface area contributed by atoms with Crippen LogP contribution in [0.15, 0.2) is 54.6 Å². The number of halogens is 1. The van der Waals surface area contributed by atoms with Crippen LogP contribution in [-0.2, 0) is 0 Å². The topological polar surface area (TPSA) is 68.0 Å². The summed E-state index contributed by atoms with van der Waals surface area (Å²) in [7, 11) is 0. The number of para-hydroxylation sites is 1. The predicted molar refractivity (Wildman–Crippen MR) is 73.7 cm³/mol. The number of benzene rings is 2. The van der Waals surface area contributed by atoms with Crippen molar-refractivity contribution < 1.29 is 14.3 Å². The third kappa shape index (κ3) is 2.38. The summed E-state index contributed by atoms with van der Waals surface area (Å²) in [5.74, 6) is -1.87. The first-order valence-electron chi connectivity index (χ1n) is 6.17. The SMILES string of the molecule is O=C(O)c1nc(-c2ccccc2)n(-c2ccccc2F)n1. The van der Waals surface area contributed by atoms with E-state index in [9.17, 15) is 9.18 Å². The molecule has 0 saturated carbocycles. The van der Waals surface area contributed by atoms with Gasteiger partial charge in [-0.25, -0.2) is 18.9 Å². The molecule has 6 heteroatoms. The Bertz CT molecular complexity index is 800. The summed E-state index contributed by atoms with van der Waals surface area (Å²) in [5, 5.41) is 12.9. The minimum Gasteiger partial charge on any atom is -0.475 e. The molecule has 3 aromatic rings. The summed E-state index contributed by atoms with van der Waals surface area (Å²) >= 11 is 0. The van der Waals surface area contributed by atoms with Gasteiger partial charge in [-0.15, -0.1) is 5.10 Å². The van der Waals surface area contributed by atoms with E-state index in [4.69, 9.17) is 5.11 Å². The van der Waals surface area contributed by atoms with Gasteiger partial charge in [-0.2, -0.15) is 0 Å². The van der Waals surface area contributed by atoms with Gasteiger partial charge in [-0.3, -0.25) is 0 Å². The summed E-state index contributed by atoms with van der Waals surface area (Å²) in [6.45, 7) is 0. The highest BCUT2D eigenvalue weighted by atomic mass is 19.1. The second-order valence-corrected chi connectivity index (χ2v) is 4.29. The maximum Gasteiger partial charge on any atom is 0.375 e. The molecule has 21 heavy (non-hydrogen) atoms. The summed E-state index contributed by atoms with van der Waals surface area (Å²) < 4.78 is 15.1. The standard InChI is InChI=1S/C15H10FN3O2/c16-11-8-4-5-9-12(11)19-14(10-6-2-1-3-7-10)17-13(18-19)15(20)21/h1-9H,(H,20,21). The fraction of sp³-hybridized carbons (Fsp3) is 0. The lowest BCUT2D eigenvalue weighted by atomic mass is 10.2. The number of carboxylic acid groups (broad SMARTS) is 1. The van der Waals surface area contributed by atoms with E-state index in [0.717, 1.165) is 0 Å². The number of nitrogens with zero attached hydrogens (tertiary/aromatic N) is 3. The lowest BCUT2D eigenvalue weighted by Gasteiger charge is -2.06. The molecule has 3 rings (SSSR count). The van der Waals surface area contributed by atoms with Crippen LogP contribution in [0.25, 0.3) is 17.1 Å². The lowest BCUT2D eigenvalue weighted by molar-refractivity contribution is 0.0683. The molecular formula is C15H10FN3O2. The van der Waals surface area contributed by atoms with Crippen LogP contribution < -0.4 is 0 Å². The highest BCUT2D eigenvalue weighted by molar-refractivity contribution is 5.84. The van der Waals surface area contributed by atoms with Gasteiger partial charge in [0.2, 0.25) is 0 Å². The first-order chi connectivity index (χ1) is 10.2. The number of hydrogen-bond donors (Lipinski definition) is 1. The zero-order chi connectivity index (χ0) is 14.8. The van der Waals surface area contributed by atoms with Crippen LogP contribution in [0.4, 0.5) is 4.39 Å². The van der Waals surface area contributed by atoms with E-state index in [1.165, 1.54) is 16.8 Å². The van der Waals surface area contributed by atoms with E-state index in [0.29, 0.717) is 5.56 Å². The van der Waals surface area contributed by atoms with Crippen LogP contribution in [0.5, 0.6) is 0 Å². The van der Waals surface area contributed by atoms with Crippen LogP contribution in [0.3, 0.4) is 0 Å². The maximum absolute atomic E-state index is 13.9. The zero-order valence-corrected chi connectivity index (χ0v) is 10.8. The van der Waals surface area contributed by atoms with E-state index in [1.807, 2.05) is 6.07 Å². The van der Waals surface area contributed by atoms with Crippen molar-refractivity contribution in [3.8, 4) is 17.1 Å². The molecule has 1 N–H and O–H groups in total. The van der Waals surface area contributed by atoms with E-state index in [2.05, 4.69) is 10.1 Å². The van der Waals surface area contributed by atoms with Crippen LogP contribution >= 0.6 is 0 Å². The number of hydrogen-bond acceptors (Lipinski definition) is 3. The van der Waals surface area contributed by atoms with E-state index in [-0.39, 0.29) is 17.3 Å². The van der Waals surface area contributed by atoms with Gasteiger partial charge in [0, 0.05) is 5.56 Å². The first-order valence-corrected chi connectivity index (χ1v) is 6.17. The highest BCUT2D eigenvalue weighted by Crippen LogP contribution is 2.22. The van der Waals surface area contributed by atoms with Gasteiger partial charge in [0.25, 0.3) is 5.82 Å². The zero-order valence-electron chi connectivity index (χ0n) is 10.8. The molecule has 0 spiro atoms. The average molecular weight is 283 g/mol. The summed E-state index contributed by atoms with van der Waals surface area (Å²) in [5.41, 5.74) is 0.803. The number of aromatic nitrogens is 3. The highest BCUT2D eigenvalue weighted by Gasteiger charge is 2.19. The van der Waals surface area contributed by atoms with Crippen molar-refractivity contribution in [1.29, 1.82) is 0 Å². The number of rotatable bonds is 3. The average Bonchev–Trinajstić information content (AvgIpc) is 2.94. The molecule has 0 bridgehead atoms. The first kappa shape index (κ1) is 13.0. The van der Waals surface area contributed by atoms with Gasteiger partial charge in [0.05, 0.1) is 0 Å². The van der Waals surface area contributed by atoms with Crippen LogP contribution in [0.2, 0.25) is 0 Å². The summed E-state index contributed by atoms with van der Waals surface area (Å²) in [6.07, 6.45) is 0. The van der Waals surface area contributed by atoms with Crippen LogP contribution in [-0.4, -0.2) is 25.8 Å². The lowest BCUT2D eigenvalue weighted by Crippen LogP contribution is -2.04. The molecule has 104 valence electrons. The van der Waals surface area contributed by atoms with Gasteiger partial charge in [0.15, 0.2) is 5.82 Å². The number of aromatic carboxylic acids is 1. The maximum atomic E-state index is 13.9. The Morgan fingerprint density at radius 2 is 1.71 bits per heavy atom. The minimum absolute atomic E-state index is 0.149. The second-order valence-electron chi connectivity index (χ2n) is 4.29. The molecular weight excluding hydrogens is 273 g/mol. The normalized spacial score (nSPS) is 10.5. The Hall–Kier alpha value is -3.02. The molecule has 0 fully saturated rings. The molecule has 0 radical (unpaired) electrons. The molecule has 1 heterocycles. The quantitative estimate of drug-likeness (QED) is 0.802. The van der Waals surface area contributed by atoms with Crippen molar-refractivity contribution in [2.75, 3.05) is 0 Å². The van der Waals surface area contributed by atoms with E-state index >= 15 is 0 Å². The number of carbonyl (C=O) groups is 1. The summed E-state index contributed by atoms with van der Waals surface area (Å²) in [4.78, 5) is 15.1. The van der Waals surface area contributed by atoms with Gasteiger partial charge < -0.3 is 5.11 Å². The molecule has 0 atom stereocenters. The van der Waals surface area contributed by atoms with Crippen molar-refractivity contribution >= 4 is 5.97 Å². The fourth-order valence-electron chi connectivity index (χ4n) is 1.97. The van der Waals surface area contributed by atoms with Crippen molar-refractivity contribution in [2.45, 2.75) is 0 Å². The number of carboxylic acids is 1. The Balaban J connectivity index is 2.24. The Kier molecular flexibility index (Phi) is 3.19. The molecule has 0 aliphatic heterocycles. The Morgan fingerprint density at radius 1 is 1.05 bits per heavy atom. The van der Waals surface area contributed by atoms with Crippen molar-refractivity contribution in [3.05, 3.63) is 66.2 Å². The minimum atomic E-state index is -1.26. The third-order valence-corrected chi connectivity index (χ3v) is 2.91. The Morgan fingerprint density at radius 3 is 2.38 bits per heavy atom. The third-order valence-electron chi connectivity index (χ3n) is 2.91. The fourth-order valence-corrected chi connectivity index (χ4v) is 1.97. The molecule has 0 unspecified atom stereocenters. The van der Waals surface area contributed by atoms with Crippen molar-refractivity contribution in [2.24, 2.45) is 0 Å². The molecule has 0 aliphatic carbocycles. The van der Waals surface area contributed by atoms with Crippen molar-refractivity contribution in [1.82, 2.24) is 14.8 Å². The molecule has 5 nitrogen and oxygen atoms in total. The molecule has 0 amide bonds. The molecule has 1 aromatic heterocycles. The summed E-state index contributed by atoms with van der Waals surface area (Å²) in [6, 6.07) is 14.9. The van der Waals surface area contributed by atoms with E-state index < -0.39 is 11.8 Å². The van der Waals surface area contributed by atoms with E-state index in [1.54, 1.807) is 36.4 Å². The second kappa shape index (κ2) is 5.16. The van der Waals surface area contributed by atoms with Crippen LogP contribution in [0.1, 0.15) is 10.6 Å². The van der Waals surface area contributed by atoms with Gasteiger partial charge >= 0.3 is 5.97 Å². The van der Waals surface area contributed by atoms with Crippen molar-refractivity contribution in [3.63, 3.8) is 0 Å². The Labute approximate surface area is 119 Å². The van der Waals surface area contributed by atoms with Gasteiger partial charge in [-0.1, -0.05) is 42.5 Å². The van der Waals surface area contributed by atoms with Gasteiger partial charge in [-0.05, 0) is 12.1 Å².